The van der Waals surface area contributed by atoms with Crippen LogP contribution in [0.5, 0.6) is 0 Å². The Labute approximate surface area is 99.3 Å². The predicted molar refractivity (Wildman–Crippen MR) is 65.4 cm³/mol. The Bertz CT molecular complexity index is 445. The summed E-state index contributed by atoms with van der Waals surface area (Å²) >= 11 is 1.59. The van der Waals surface area contributed by atoms with Crippen molar-refractivity contribution in [1.82, 2.24) is 15.3 Å². The minimum absolute atomic E-state index is 0.783. The zero-order chi connectivity index (χ0) is 11.2. The first-order valence-electron chi connectivity index (χ1n) is 5.07. The molecule has 16 heavy (non-hydrogen) atoms. The molecule has 0 aliphatic heterocycles. The van der Waals surface area contributed by atoms with E-state index in [0.29, 0.717) is 0 Å². The van der Waals surface area contributed by atoms with E-state index in [1.165, 1.54) is 10.5 Å². The van der Waals surface area contributed by atoms with Gasteiger partial charge in [0.1, 0.15) is 0 Å². The van der Waals surface area contributed by atoms with Crippen LogP contribution < -0.4 is 5.32 Å². The smallest absolute Gasteiger partial charge is 0.192 e. The zero-order valence-corrected chi connectivity index (χ0v) is 9.87. The summed E-state index contributed by atoms with van der Waals surface area (Å²) in [4.78, 5) is 9.61. The van der Waals surface area contributed by atoms with Crippen molar-refractivity contribution in [3.8, 4) is 0 Å². The predicted octanol–water partition coefficient (Wildman–Crippen LogP) is 2.35. The molecule has 1 aromatic heterocycles. The molecule has 2 aromatic rings. The molecule has 4 heteroatoms. The summed E-state index contributed by atoms with van der Waals surface area (Å²) in [5.41, 5.74) is 1.27. The molecule has 1 aromatic carbocycles. The highest BCUT2D eigenvalue weighted by molar-refractivity contribution is 7.99. The summed E-state index contributed by atoms with van der Waals surface area (Å²) in [5, 5.41) is 3.94. The van der Waals surface area contributed by atoms with Gasteiger partial charge in [-0.15, -0.1) is 0 Å². The summed E-state index contributed by atoms with van der Waals surface area (Å²) in [6.07, 6.45) is 3.52. The molecule has 0 saturated carbocycles. The van der Waals surface area contributed by atoms with Gasteiger partial charge in [-0.3, -0.25) is 0 Å². The fourth-order valence-electron chi connectivity index (χ4n) is 1.38. The highest BCUT2D eigenvalue weighted by Crippen LogP contribution is 2.27. The fraction of sp³-hybridized carbons (Fsp3) is 0.167. The molecule has 2 rings (SSSR count). The van der Waals surface area contributed by atoms with Gasteiger partial charge in [-0.1, -0.05) is 18.2 Å². The molecule has 0 aliphatic rings. The van der Waals surface area contributed by atoms with Crippen LogP contribution in [0.2, 0.25) is 0 Å². The van der Waals surface area contributed by atoms with Gasteiger partial charge in [-0.2, -0.15) is 0 Å². The van der Waals surface area contributed by atoms with E-state index in [4.69, 9.17) is 0 Å². The molecule has 0 saturated heterocycles. The first-order chi connectivity index (χ1) is 7.90. The molecular weight excluding hydrogens is 218 g/mol. The maximum atomic E-state index is 4.21. The topological polar surface area (TPSA) is 37.8 Å². The number of nitrogens with one attached hydrogen (secondary N) is 1. The van der Waals surface area contributed by atoms with Crippen molar-refractivity contribution in [1.29, 1.82) is 0 Å². The van der Waals surface area contributed by atoms with Crippen molar-refractivity contribution in [3.63, 3.8) is 0 Å². The molecule has 0 unspecified atom stereocenters. The van der Waals surface area contributed by atoms with Crippen LogP contribution >= 0.6 is 11.8 Å². The summed E-state index contributed by atoms with van der Waals surface area (Å²) in [6, 6.07) is 10.1. The lowest BCUT2D eigenvalue weighted by atomic mass is 10.2. The number of aromatic nitrogens is 2. The average Bonchev–Trinajstić information content (AvgIpc) is 2.33. The average molecular weight is 231 g/mol. The molecule has 0 bridgehead atoms. The first-order valence-corrected chi connectivity index (χ1v) is 5.89. The molecule has 0 aliphatic carbocycles. The second-order valence-electron chi connectivity index (χ2n) is 3.27. The third kappa shape index (κ3) is 2.81. The maximum absolute atomic E-state index is 4.21. The summed E-state index contributed by atoms with van der Waals surface area (Å²) in [7, 11) is 1.94. The monoisotopic (exact) mass is 231 g/mol. The minimum Gasteiger partial charge on any atom is -0.316 e. The van der Waals surface area contributed by atoms with E-state index in [0.717, 1.165) is 11.7 Å². The fourth-order valence-corrected chi connectivity index (χ4v) is 2.22. The lowest BCUT2D eigenvalue weighted by Crippen LogP contribution is -2.05. The standard InChI is InChI=1S/C12H13N3S/c1-13-9-10-5-2-3-6-11(10)16-12-14-7-4-8-15-12/h2-8,13H,9H2,1H3. The van der Waals surface area contributed by atoms with Crippen LogP contribution in [0.1, 0.15) is 5.56 Å². The van der Waals surface area contributed by atoms with Crippen molar-refractivity contribution < 1.29 is 0 Å². The Balaban J connectivity index is 2.21. The molecule has 3 nitrogen and oxygen atoms in total. The van der Waals surface area contributed by atoms with Gasteiger partial charge in [0.15, 0.2) is 5.16 Å². The van der Waals surface area contributed by atoms with Crippen LogP contribution in [0.4, 0.5) is 0 Å². The molecule has 1 N–H and O–H groups in total. The van der Waals surface area contributed by atoms with Gasteiger partial charge >= 0.3 is 0 Å². The molecule has 0 radical (unpaired) electrons. The number of hydrogen-bond acceptors (Lipinski definition) is 4. The molecule has 82 valence electrons. The van der Waals surface area contributed by atoms with Crippen LogP contribution in [0.3, 0.4) is 0 Å². The Morgan fingerprint density at radius 1 is 1.12 bits per heavy atom. The van der Waals surface area contributed by atoms with Crippen molar-refractivity contribution in [2.75, 3.05) is 7.05 Å². The zero-order valence-electron chi connectivity index (χ0n) is 9.05. The van der Waals surface area contributed by atoms with E-state index in [1.54, 1.807) is 24.2 Å². The molecular formula is C12H13N3S. The largest absolute Gasteiger partial charge is 0.316 e. The van der Waals surface area contributed by atoms with E-state index in [2.05, 4.69) is 27.4 Å². The quantitative estimate of drug-likeness (QED) is 0.820. The van der Waals surface area contributed by atoms with Gasteiger partial charge in [0.25, 0.3) is 0 Å². The summed E-state index contributed by atoms with van der Waals surface area (Å²) in [6.45, 7) is 0.857. The van der Waals surface area contributed by atoms with Gasteiger partial charge in [0.2, 0.25) is 0 Å². The van der Waals surface area contributed by atoms with Crippen LogP contribution in [0.15, 0.2) is 52.8 Å². The highest BCUT2D eigenvalue weighted by Gasteiger charge is 2.04. The van der Waals surface area contributed by atoms with E-state index >= 15 is 0 Å². The van der Waals surface area contributed by atoms with Gasteiger partial charge in [0, 0.05) is 23.8 Å². The highest BCUT2D eigenvalue weighted by atomic mass is 32.2. The maximum Gasteiger partial charge on any atom is 0.192 e. The first kappa shape index (κ1) is 11.1. The molecule has 1 heterocycles. The SMILES string of the molecule is CNCc1ccccc1Sc1ncccn1. The van der Waals surface area contributed by atoms with Gasteiger partial charge in [-0.05, 0) is 36.5 Å². The van der Waals surface area contributed by atoms with E-state index in [1.807, 2.05) is 25.2 Å². The lowest BCUT2D eigenvalue weighted by Gasteiger charge is -2.06. The summed E-state index contributed by atoms with van der Waals surface area (Å²) < 4.78 is 0. The minimum atomic E-state index is 0.783. The van der Waals surface area contributed by atoms with Crippen molar-refractivity contribution >= 4 is 11.8 Å². The Kier molecular flexibility index (Phi) is 3.91. The molecule has 0 fully saturated rings. The van der Waals surface area contributed by atoms with Crippen molar-refractivity contribution in [3.05, 3.63) is 48.3 Å². The third-order valence-corrected chi connectivity index (χ3v) is 3.09. The van der Waals surface area contributed by atoms with Crippen LogP contribution in [-0.4, -0.2) is 17.0 Å². The van der Waals surface area contributed by atoms with Crippen molar-refractivity contribution in [2.45, 2.75) is 16.6 Å². The Morgan fingerprint density at radius 2 is 1.88 bits per heavy atom. The third-order valence-electron chi connectivity index (χ3n) is 2.08. The van der Waals surface area contributed by atoms with Gasteiger partial charge in [0.05, 0.1) is 0 Å². The number of rotatable bonds is 4. The number of nitrogens with zero attached hydrogens (tertiary/aromatic N) is 2. The van der Waals surface area contributed by atoms with E-state index in [-0.39, 0.29) is 0 Å². The Morgan fingerprint density at radius 3 is 2.62 bits per heavy atom. The van der Waals surface area contributed by atoms with Crippen LogP contribution in [-0.2, 0) is 6.54 Å². The van der Waals surface area contributed by atoms with Crippen molar-refractivity contribution in [2.24, 2.45) is 0 Å². The second-order valence-corrected chi connectivity index (χ2v) is 4.28. The normalized spacial score (nSPS) is 10.3. The lowest BCUT2D eigenvalue weighted by molar-refractivity contribution is 0.802. The second kappa shape index (κ2) is 5.63. The van der Waals surface area contributed by atoms with Crippen LogP contribution in [0.25, 0.3) is 0 Å². The van der Waals surface area contributed by atoms with Gasteiger partial charge in [-0.25, -0.2) is 9.97 Å². The molecule has 0 atom stereocenters. The van der Waals surface area contributed by atoms with E-state index < -0.39 is 0 Å². The number of benzene rings is 1. The molecule has 0 spiro atoms. The Hall–Kier alpha value is -1.39. The van der Waals surface area contributed by atoms with Gasteiger partial charge < -0.3 is 5.32 Å². The summed E-state index contributed by atoms with van der Waals surface area (Å²) in [5.74, 6) is 0. The number of hydrogen-bond donors (Lipinski definition) is 1. The van der Waals surface area contributed by atoms with Crippen LogP contribution in [0, 0.1) is 0 Å². The molecule has 0 amide bonds. The van der Waals surface area contributed by atoms with E-state index in [9.17, 15) is 0 Å².